The highest BCUT2D eigenvalue weighted by atomic mass is 16.2. The predicted molar refractivity (Wildman–Crippen MR) is 113 cm³/mol. The van der Waals surface area contributed by atoms with Gasteiger partial charge in [-0.05, 0) is 43.5 Å². The van der Waals surface area contributed by atoms with Crippen LogP contribution in [0.25, 0.3) is 11.2 Å². The number of piperidine rings is 1. The van der Waals surface area contributed by atoms with Crippen LogP contribution >= 0.6 is 0 Å². The SMILES string of the molecule is O=C(c1ccccc1)N1CCC(C(=O)N2CCC(c3nc4ncccc4[nH]3)C2)CC1. The first-order chi connectivity index (χ1) is 14.7. The number of fused-ring (bicyclic) bond motifs is 1. The van der Waals surface area contributed by atoms with Crippen molar-refractivity contribution in [2.45, 2.75) is 25.2 Å². The molecule has 1 aromatic carbocycles. The van der Waals surface area contributed by atoms with Gasteiger partial charge in [-0.3, -0.25) is 9.59 Å². The maximum absolute atomic E-state index is 13.1. The van der Waals surface area contributed by atoms with Crippen LogP contribution in [0.3, 0.4) is 0 Å². The summed E-state index contributed by atoms with van der Waals surface area (Å²) in [6.45, 7) is 2.73. The summed E-state index contributed by atoms with van der Waals surface area (Å²) in [4.78, 5) is 41.8. The monoisotopic (exact) mass is 403 g/mol. The number of carbonyl (C=O) groups excluding carboxylic acids is 2. The Labute approximate surface area is 175 Å². The highest BCUT2D eigenvalue weighted by Gasteiger charge is 2.35. The molecule has 1 unspecified atom stereocenters. The number of hydrogen-bond acceptors (Lipinski definition) is 4. The number of likely N-dealkylation sites (tertiary alicyclic amines) is 2. The Balaban J connectivity index is 1.18. The van der Waals surface area contributed by atoms with Crippen LogP contribution in [0.5, 0.6) is 0 Å². The molecule has 4 heterocycles. The first-order valence-electron chi connectivity index (χ1n) is 10.6. The maximum atomic E-state index is 13.1. The van der Waals surface area contributed by atoms with E-state index in [0.717, 1.165) is 42.8 Å². The van der Waals surface area contributed by atoms with Crippen molar-refractivity contribution in [3.05, 3.63) is 60.0 Å². The summed E-state index contributed by atoms with van der Waals surface area (Å²) in [7, 11) is 0. The first kappa shape index (κ1) is 18.8. The fourth-order valence-corrected chi connectivity index (χ4v) is 4.59. The van der Waals surface area contributed by atoms with Crippen molar-refractivity contribution in [1.82, 2.24) is 24.8 Å². The molecule has 5 rings (SSSR count). The van der Waals surface area contributed by atoms with Crippen molar-refractivity contribution in [3.8, 4) is 0 Å². The molecule has 2 aliphatic heterocycles. The van der Waals surface area contributed by atoms with Crippen molar-refractivity contribution < 1.29 is 9.59 Å². The van der Waals surface area contributed by atoms with Crippen molar-refractivity contribution in [2.75, 3.05) is 26.2 Å². The zero-order valence-corrected chi connectivity index (χ0v) is 16.8. The quantitative estimate of drug-likeness (QED) is 0.729. The minimum Gasteiger partial charge on any atom is -0.342 e. The molecule has 1 N–H and O–H groups in total. The van der Waals surface area contributed by atoms with Gasteiger partial charge < -0.3 is 14.8 Å². The highest BCUT2D eigenvalue weighted by Crippen LogP contribution is 2.29. The lowest BCUT2D eigenvalue weighted by atomic mass is 9.95. The van der Waals surface area contributed by atoms with Gasteiger partial charge in [-0.25, -0.2) is 9.97 Å². The molecule has 0 saturated carbocycles. The zero-order valence-electron chi connectivity index (χ0n) is 16.8. The number of carbonyl (C=O) groups is 2. The summed E-state index contributed by atoms with van der Waals surface area (Å²) in [5, 5.41) is 0. The van der Waals surface area contributed by atoms with Gasteiger partial charge in [0.15, 0.2) is 5.65 Å². The molecule has 154 valence electrons. The highest BCUT2D eigenvalue weighted by molar-refractivity contribution is 5.94. The average molecular weight is 403 g/mol. The van der Waals surface area contributed by atoms with Crippen LogP contribution in [0.4, 0.5) is 0 Å². The van der Waals surface area contributed by atoms with E-state index < -0.39 is 0 Å². The smallest absolute Gasteiger partial charge is 0.253 e. The number of benzene rings is 1. The summed E-state index contributed by atoms with van der Waals surface area (Å²) in [6, 6.07) is 13.2. The fraction of sp³-hybridized carbons (Fsp3) is 0.391. The molecule has 7 heteroatoms. The molecule has 0 bridgehead atoms. The van der Waals surface area contributed by atoms with Crippen molar-refractivity contribution in [2.24, 2.45) is 5.92 Å². The molecule has 0 radical (unpaired) electrons. The molecule has 0 aliphatic carbocycles. The van der Waals surface area contributed by atoms with Gasteiger partial charge in [0.2, 0.25) is 5.91 Å². The molecule has 0 spiro atoms. The molecular formula is C23H25N5O2. The Morgan fingerprint density at radius 2 is 1.70 bits per heavy atom. The number of imidazole rings is 1. The van der Waals surface area contributed by atoms with Crippen LogP contribution in [0.1, 0.15) is 41.4 Å². The van der Waals surface area contributed by atoms with Crippen molar-refractivity contribution >= 4 is 23.0 Å². The molecule has 3 aromatic rings. The van der Waals surface area contributed by atoms with Crippen molar-refractivity contribution in [1.29, 1.82) is 0 Å². The van der Waals surface area contributed by atoms with E-state index in [2.05, 4.69) is 15.0 Å². The molecule has 30 heavy (non-hydrogen) atoms. The predicted octanol–water partition coefficient (Wildman–Crippen LogP) is 2.83. The van der Waals surface area contributed by atoms with Crippen LogP contribution < -0.4 is 0 Å². The van der Waals surface area contributed by atoms with Gasteiger partial charge in [-0.2, -0.15) is 0 Å². The Hall–Kier alpha value is -3.22. The van der Waals surface area contributed by atoms with Gasteiger partial charge in [0.05, 0.1) is 5.52 Å². The van der Waals surface area contributed by atoms with E-state index in [0.29, 0.717) is 25.2 Å². The van der Waals surface area contributed by atoms with E-state index >= 15 is 0 Å². The number of H-pyrrole nitrogens is 1. The summed E-state index contributed by atoms with van der Waals surface area (Å²) >= 11 is 0. The second kappa shape index (κ2) is 7.89. The molecule has 2 aliphatic rings. The van der Waals surface area contributed by atoms with E-state index in [4.69, 9.17) is 0 Å². The molecule has 2 saturated heterocycles. The Kier molecular flexibility index (Phi) is 4.94. The molecule has 2 aromatic heterocycles. The van der Waals surface area contributed by atoms with Gasteiger partial charge in [-0.15, -0.1) is 0 Å². The largest absolute Gasteiger partial charge is 0.342 e. The topological polar surface area (TPSA) is 82.2 Å². The van der Waals surface area contributed by atoms with E-state index in [-0.39, 0.29) is 23.7 Å². The van der Waals surface area contributed by atoms with Gasteiger partial charge in [0.1, 0.15) is 5.82 Å². The third-order valence-electron chi connectivity index (χ3n) is 6.31. The standard InChI is InChI=1S/C23H25N5O2/c29-22(16-5-2-1-3-6-16)27-12-8-17(9-13-27)23(30)28-14-10-18(15-28)20-25-19-7-4-11-24-21(19)26-20/h1-7,11,17-18H,8-10,12-15H2,(H,24,25,26). The number of aromatic nitrogens is 3. The number of hydrogen-bond donors (Lipinski definition) is 1. The summed E-state index contributed by atoms with van der Waals surface area (Å²) in [5.41, 5.74) is 2.38. The number of rotatable bonds is 3. The number of nitrogens with zero attached hydrogens (tertiary/aromatic N) is 4. The molecule has 1 atom stereocenters. The lowest BCUT2D eigenvalue weighted by molar-refractivity contribution is -0.135. The maximum Gasteiger partial charge on any atom is 0.253 e. The minimum atomic E-state index is 0.000846. The van der Waals surface area contributed by atoms with Gasteiger partial charge in [0, 0.05) is 49.8 Å². The second-order valence-electron chi connectivity index (χ2n) is 8.20. The first-order valence-corrected chi connectivity index (χ1v) is 10.6. The third-order valence-corrected chi connectivity index (χ3v) is 6.31. The van der Waals surface area contributed by atoms with Crippen LogP contribution in [-0.4, -0.2) is 62.7 Å². The Bertz CT molecular complexity index is 1020. The van der Waals surface area contributed by atoms with Crippen LogP contribution in [0.15, 0.2) is 48.7 Å². The van der Waals surface area contributed by atoms with E-state index in [1.165, 1.54) is 0 Å². The molecule has 7 nitrogen and oxygen atoms in total. The Morgan fingerprint density at radius 3 is 2.47 bits per heavy atom. The number of pyridine rings is 1. The summed E-state index contributed by atoms with van der Waals surface area (Å²) < 4.78 is 0. The summed E-state index contributed by atoms with van der Waals surface area (Å²) in [5.74, 6) is 1.42. The molecule has 2 amide bonds. The fourth-order valence-electron chi connectivity index (χ4n) is 4.59. The number of nitrogens with one attached hydrogen (secondary N) is 1. The van der Waals surface area contributed by atoms with Gasteiger partial charge in [-0.1, -0.05) is 18.2 Å². The van der Waals surface area contributed by atoms with Crippen LogP contribution in [0.2, 0.25) is 0 Å². The molecular weight excluding hydrogens is 378 g/mol. The summed E-state index contributed by atoms with van der Waals surface area (Å²) in [6.07, 6.45) is 4.11. The second-order valence-corrected chi connectivity index (χ2v) is 8.20. The Morgan fingerprint density at radius 1 is 0.933 bits per heavy atom. The number of aromatic amines is 1. The third kappa shape index (κ3) is 3.56. The van der Waals surface area contributed by atoms with E-state index in [1.807, 2.05) is 52.3 Å². The van der Waals surface area contributed by atoms with Crippen LogP contribution in [0, 0.1) is 5.92 Å². The number of amides is 2. The van der Waals surface area contributed by atoms with E-state index in [9.17, 15) is 9.59 Å². The van der Waals surface area contributed by atoms with Gasteiger partial charge >= 0.3 is 0 Å². The lowest BCUT2D eigenvalue weighted by Crippen LogP contribution is -2.43. The normalized spacial score (nSPS) is 20.1. The average Bonchev–Trinajstić information content (AvgIpc) is 3.46. The van der Waals surface area contributed by atoms with Crippen LogP contribution in [-0.2, 0) is 4.79 Å². The minimum absolute atomic E-state index is 0.000846. The van der Waals surface area contributed by atoms with E-state index in [1.54, 1.807) is 6.20 Å². The van der Waals surface area contributed by atoms with Crippen molar-refractivity contribution in [3.63, 3.8) is 0 Å². The lowest BCUT2D eigenvalue weighted by Gasteiger charge is -2.33. The van der Waals surface area contributed by atoms with Gasteiger partial charge in [0.25, 0.3) is 5.91 Å². The zero-order chi connectivity index (χ0) is 20.5. The molecule has 2 fully saturated rings.